The van der Waals surface area contributed by atoms with E-state index in [2.05, 4.69) is 5.32 Å². The first kappa shape index (κ1) is 17.9. The molecular formula is C16H21FN4O3. The van der Waals surface area contributed by atoms with Crippen molar-refractivity contribution in [3.63, 3.8) is 0 Å². The Hall–Kier alpha value is -2.48. The first-order valence-electron chi connectivity index (χ1n) is 7.72. The Morgan fingerprint density at radius 2 is 2.00 bits per heavy atom. The third kappa shape index (κ3) is 4.76. The van der Waals surface area contributed by atoms with E-state index in [1.165, 1.54) is 12.1 Å². The van der Waals surface area contributed by atoms with Gasteiger partial charge in [0, 0.05) is 13.1 Å². The second-order valence-electron chi connectivity index (χ2n) is 5.95. The lowest BCUT2D eigenvalue weighted by atomic mass is 9.96. The zero-order valence-corrected chi connectivity index (χ0v) is 13.2. The van der Waals surface area contributed by atoms with Gasteiger partial charge in [0.15, 0.2) is 6.04 Å². The first-order chi connectivity index (χ1) is 11.4. The molecule has 130 valence electrons. The average Bonchev–Trinajstić information content (AvgIpc) is 2.52. The number of nitrogens with zero attached hydrogens (tertiary/aromatic N) is 1. The highest BCUT2D eigenvalue weighted by atomic mass is 19.1. The van der Waals surface area contributed by atoms with Gasteiger partial charge < -0.3 is 16.8 Å². The summed E-state index contributed by atoms with van der Waals surface area (Å²) >= 11 is 0. The molecule has 2 rings (SSSR count). The van der Waals surface area contributed by atoms with Crippen LogP contribution < -0.4 is 16.8 Å². The molecule has 1 fully saturated rings. The van der Waals surface area contributed by atoms with Crippen molar-refractivity contribution in [3.8, 4) is 0 Å². The van der Waals surface area contributed by atoms with Gasteiger partial charge in [-0.3, -0.25) is 19.3 Å². The molecular weight excluding hydrogens is 315 g/mol. The Morgan fingerprint density at radius 3 is 2.62 bits per heavy atom. The van der Waals surface area contributed by atoms with Crippen molar-refractivity contribution >= 4 is 17.7 Å². The number of halogens is 1. The van der Waals surface area contributed by atoms with Gasteiger partial charge in [-0.1, -0.05) is 12.1 Å². The Labute approximate surface area is 139 Å². The molecule has 0 unspecified atom stereocenters. The van der Waals surface area contributed by atoms with E-state index in [4.69, 9.17) is 11.5 Å². The number of benzene rings is 1. The second kappa shape index (κ2) is 7.87. The molecule has 1 aromatic rings. The molecule has 0 bridgehead atoms. The fraction of sp³-hybridized carbons (Fsp3) is 0.438. The Morgan fingerprint density at radius 1 is 1.29 bits per heavy atom. The van der Waals surface area contributed by atoms with E-state index in [1.54, 1.807) is 6.07 Å². The zero-order chi connectivity index (χ0) is 17.7. The summed E-state index contributed by atoms with van der Waals surface area (Å²) in [7, 11) is 0. The van der Waals surface area contributed by atoms with Crippen molar-refractivity contribution < 1.29 is 18.8 Å². The standard InChI is InChI=1S/C16H21FN4O3/c17-12-5-1-3-10(7-12)8-21-6-2-4-11(9-21)16(24)20-13(14(18)22)15(19)23/h1,3,5,7,11,13H,2,4,6,8-9H2,(H2,18,22)(H2,19,23)(H,20,24)/t11-/m0/s1. The van der Waals surface area contributed by atoms with Crippen LogP contribution in [0.25, 0.3) is 0 Å². The average molecular weight is 336 g/mol. The molecule has 0 aliphatic carbocycles. The lowest BCUT2D eigenvalue weighted by Gasteiger charge is -2.32. The predicted octanol–water partition coefficient (Wildman–Crippen LogP) is -0.507. The van der Waals surface area contributed by atoms with Gasteiger partial charge in [0.05, 0.1) is 5.92 Å². The largest absolute Gasteiger partial charge is 0.367 e. The number of piperidine rings is 1. The van der Waals surface area contributed by atoms with E-state index in [9.17, 15) is 18.8 Å². The van der Waals surface area contributed by atoms with E-state index >= 15 is 0 Å². The molecule has 0 saturated carbocycles. The number of carbonyl (C=O) groups is 3. The molecule has 0 aromatic heterocycles. The highest BCUT2D eigenvalue weighted by molar-refractivity contribution is 6.05. The smallest absolute Gasteiger partial charge is 0.249 e. The molecule has 1 aliphatic heterocycles. The van der Waals surface area contributed by atoms with E-state index in [-0.39, 0.29) is 11.7 Å². The lowest BCUT2D eigenvalue weighted by Crippen LogP contribution is -2.55. The Balaban J connectivity index is 1.95. The molecule has 5 N–H and O–H groups in total. The molecule has 1 atom stereocenters. The molecule has 8 heteroatoms. The monoisotopic (exact) mass is 336 g/mol. The summed E-state index contributed by atoms with van der Waals surface area (Å²) in [5.74, 6) is -3.08. The maximum atomic E-state index is 13.3. The van der Waals surface area contributed by atoms with E-state index in [0.717, 1.165) is 18.5 Å². The third-order valence-electron chi connectivity index (χ3n) is 4.03. The molecule has 3 amide bonds. The van der Waals surface area contributed by atoms with Crippen LogP contribution in [0.5, 0.6) is 0 Å². The number of hydrogen-bond donors (Lipinski definition) is 3. The van der Waals surface area contributed by atoms with Gasteiger partial charge in [-0.05, 0) is 37.1 Å². The molecule has 7 nitrogen and oxygen atoms in total. The highest BCUT2D eigenvalue weighted by Crippen LogP contribution is 2.19. The lowest BCUT2D eigenvalue weighted by molar-refractivity contribution is -0.136. The topological polar surface area (TPSA) is 119 Å². The normalized spacial score (nSPS) is 18.3. The number of amides is 3. The SMILES string of the molecule is NC(=O)C(NC(=O)[C@H]1CCCN(Cc2cccc(F)c2)C1)C(N)=O. The van der Waals surface area contributed by atoms with Crippen molar-refractivity contribution in [2.24, 2.45) is 17.4 Å². The van der Waals surface area contributed by atoms with Crippen LogP contribution in [-0.4, -0.2) is 41.8 Å². The Kier molecular flexibility index (Phi) is 5.86. The van der Waals surface area contributed by atoms with Crippen LogP contribution in [0.15, 0.2) is 24.3 Å². The summed E-state index contributed by atoms with van der Waals surface area (Å²) in [5, 5.41) is 2.30. The maximum Gasteiger partial charge on any atom is 0.249 e. The van der Waals surface area contributed by atoms with Crippen LogP contribution in [-0.2, 0) is 20.9 Å². The van der Waals surface area contributed by atoms with Gasteiger partial charge in [0.25, 0.3) is 0 Å². The summed E-state index contributed by atoms with van der Waals surface area (Å²) in [6.45, 7) is 1.76. The molecule has 0 radical (unpaired) electrons. The van der Waals surface area contributed by atoms with E-state index < -0.39 is 23.8 Å². The fourth-order valence-corrected chi connectivity index (χ4v) is 2.85. The number of primary amides is 2. The molecule has 1 aliphatic rings. The van der Waals surface area contributed by atoms with Crippen LogP contribution in [0.3, 0.4) is 0 Å². The summed E-state index contributed by atoms with van der Waals surface area (Å²) in [6, 6.07) is 4.80. The second-order valence-corrected chi connectivity index (χ2v) is 5.95. The van der Waals surface area contributed by atoms with Crippen LogP contribution >= 0.6 is 0 Å². The van der Waals surface area contributed by atoms with Gasteiger partial charge >= 0.3 is 0 Å². The highest BCUT2D eigenvalue weighted by Gasteiger charge is 2.30. The van der Waals surface area contributed by atoms with Crippen molar-refractivity contribution in [2.75, 3.05) is 13.1 Å². The van der Waals surface area contributed by atoms with Gasteiger partial charge in [-0.15, -0.1) is 0 Å². The van der Waals surface area contributed by atoms with E-state index in [0.29, 0.717) is 19.5 Å². The maximum absolute atomic E-state index is 13.3. The fourth-order valence-electron chi connectivity index (χ4n) is 2.85. The van der Waals surface area contributed by atoms with Gasteiger partial charge in [0.2, 0.25) is 17.7 Å². The minimum absolute atomic E-state index is 0.301. The minimum atomic E-state index is -1.50. The summed E-state index contributed by atoms with van der Waals surface area (Å²) in [5.41, 5.74) is 10.9. The first-order valence-corrected chi connectivity index (χ1v) is 7.72. The number of nitrogens with one attached hydrogen (secondary N) is 1. The summed E-state index contributed by atoms with van der Waals surface area (Å²) in [4.78, 5) is 36.6. The van der Waals surface area contributed by atoms with Crippen molar-refractivity contribution in [3.05, 3.63) is 35.6 Å². The Bertz CT molecular complexity index is 624. The van der Waals surface area contributed by atoms with Crippen LogP contribution in [0, 0.1) is 11.7 Å². The third-order valence-corrected chi connectivity index (χ3v) is 4.03. The van der Waals surface area contributed by atoms with Crippen LogP contribution in [0.2, 0.25) is 0 Å². The minimum Gasteiger partial charge on any atom is -0.367 e. The van der Waals surface area contributed by atoms with Crippen molar-refractivity contribution in [1.82, 2.24) is 10.2 Å². The van der Waals surface area contributed by atoms with Crippen LogP contribution in [0.4, 0.5) is 4.39 Å². The molecule has 1 heterocycles. The number of nitrogens with two attached hydrogens (primary N) is 2. The van der Waals surface area contributed by atoms with Crippen molar-refractivity contribution in [2.45, 2.75) is 25.4 Å². The number of rotatable bonds is 6. The molecule has 1 saturated heterocycles. The summed E-state index contributed by atoms with van der Waals surface area (Å²) < 4.78 is 13.3. The number of carbonyl (C=O) groups excluding carboxylic acids is 3. The van der Waals surface area contributed by atoms with E-state index in [1.807, 2.05) is 11.0 Å². The number of hydrogen-bond acceptors (Lipinski definition) is 4. The molecule has 0 spiro atoms. The molecule has 24 heavy (non-hydrogen) atoms. The van der Waals surface area contributed by atoms with Gasteiger partial charge in [0.1, 0.15) is 5.82 Å². The summed E-state index contributed by atoms with van der Waals surface area (Å²) in [6.07, 6.45) is 1.42. The van der Waals surface area contributed by atoms with Gasteiger partial charge in [-0.25, -0.2) is 4.39 Å². The van der Waals surface area contributed by atoms with Crippen LogP contribution in [0.1, 0.15) is 18.4 Å². The molecule has 1 aromatic carbocycles. The number of likely N-dealkylation sites (tertiary alicyclic amines) is 1. The van der Waals surface area contributed by atoms with Crippen molar-refractivity contribution in [1.29, 1.82) is 0 Å². The zero-order valence-electron chi connectivity index (χ0n) is 13.2. The van der Waals surface area contributed by atoms with Gasteiger partial charge in [-0.2, -0.15) is 0 Å². The quantitative estimate of drug-likeness (QED) is 0.606. The predicted molar refractivity (Wildman–Crippen MR) is 84.7 cm³/mol.